The summed E-state index contributed by atoms with van der Waals surface area (Å²) >= 11 is 1.34. The molecule has 2 heterocycles. The van der Waals surface area contributed by atoms with Crippen LogP contribution in [-0.2, 0) is 4.74 Å². The number of thiophene rings is 1. The number of nitrogens with one attached hydrogen (secondary N) is 1. The van der Waals surface area contributed by atoms with E-state index in [0.29, 0.717) is 10.4 Å². The first-order valence-corrected chi connectivity index (χ1v) is 4.62. The summed E-state index contributed by atoms with van der Waals surface area (Å²) in [6.07, 6.45) is 0. The minimum absolute atomic E-state index is 0.327. The SMILES string of the molecule is COC(=O)c1scc2[nH]c(C)nc12. The summed E-state index contributed by atoms with van der Waals surface area (Å²) < 4.78 is 4.63. The molecule has 0 aliphatic carbocycles. The molecule has 0 aromatic carbocycles. The molecule has 1 N–H and O–H groups in total. The molecule has 2 aromatic rings. The fraction of sp³-hybridized carbons (Fsp3) is 0.250. The Bertz CT molecular complexity index is 458. The number of carbonyl (C=O) groups excluding carboxylic acids is 1. The van der Waals surface area contributed by atoms with Crippen molar-refractivity contribution in [2.45, 2.75) is 6.92 Å². The van der Waals surface area contributed by atoms with Crippen molar-refractivity contribution in [1.82, 2.24) is 9.97 Å². The minimum Gasteiger partial charge on any atom is -0.465 e. The van der Waals surface area contributed by atoms with E-state index in [1.807, 2.05) is 12.3 Å². The maximum absolute atomic E-state index is 11.2. The van der Waals surface area contributed by atoms with Crippen molar-refractivity contribution in [2.24, 2.45) is 0 Å². The van der Waals surface area contributed by atoms with Gasteiger partial charge in [0.1, 0.15) is 16.2 Å². The highest BCUT2D eigenvalue weighted by Crippen LogP contribution is 2.23. The third kappa shape index (κ3) is 1.21. The molecule has 2 aromatic heterocycles. The van der Waals surface area contributed by atoms with Gasteiger partial charge in [-0.2, -0.15) is 0 Å². The van der Waals surface area contributed by atoms with E-state index in [0.717, 1.165) is 11.3 Å². The molecule has 0 saturated carbocycles. The van der Waals surface area contributed by atoms with Crippen LogP contribution in [0.4, 0.5) is 0 Å². The molecule has 0 spiro atoms. The van der Waals surface area contributed by atoms with Crippen molar-refractivity contribution >= 4 is 28.3 Å². The maximum Gasteiger partial charge on any atom is 0.350 e. The van der Waals surface area contributed by atoms with Gasteiger partial charge in [0.2, 0.25) is 0 Å². The van der Waals surface area contributed by atoms with E-state index in [1.54, 1.807) is 0 Å². The zero-order valence-electron chi connectivity index (χ0n) is 7.25. The molecule has 0 aliphatic heterocycles. The molecule has 0 aliphatic rings. The van der Waals surface area contributed by atoms with Crippen molar-refractivity contribution in [3.63, 3.8) is 0 Å². The number of imidazole rings is 1. The van der Waals surface area contributed by atoms with Crippen LogP contribution >= 0.6 is 11.3 Å². The number of hydrogen-bond donors (Lipinski definition) is 1. The second-order valence-electron chi connectivity index (χ2n) is 2.64. The molecule has 5 heteroatoms. The van der Waals surface area contributed by atoms with Gasteiger partial charge in [-0.25, -0.2) is 9.78 Å². The van der Waals surface area contributed by atoms with Gasteiger partial charge in [-0.1, -0.05) is 0 Å². The summed E-state index contributed by atoms with van der Waals surface area (Å²) in [4.78, 5) is 19.0. The lowest BCUT2D eigenvalue weighted by Crippen LogP contribution is -1.98. The maximum atomic E-state index is 11.2. The molecule has 0 amide bonds. The molecule has 0 atom stereocenters. The van der Waals surface area contributed by atoms with Gasteiger partial charge < -0.3 is 9.72 Å². The van der Waals surface area contributed by atoms with Crippen molar-refractivity contribution in [2.75, 3.05) is 7.11 Å². The smallest absolute Gasteiger partial charge is 0.350 e. The van der Waals surface area contributed by atoms with Gasteiger partial charge in [0, 0.05) is 5.38 Å². The highest BCUT2D eigenvalue weighted by Gasteiger charge is 2.15. The van der Waals surface area contributed by atoms with Crippen LogP contribution in [-0.4, -0.2) is 23.0 Å². The van der Waals surface area contributed by atoms with Crippen LogP contribution in [0, 0.1) is 6.92 Å². The van der Waals surface area contributed by atoms with Crippen molar-refractivity contribution < 1.29 is 9.53 Å². The number of aryl methyl sites for hydroxylation is 1. The number of rotatable bonds is 1. The Hall–Kier alpha value is -1.36. The van der Waals surface area contributed by atoms with Gasteiger partial charge in [0.25, 0.3) is 0 Å². The van der Waals surface area contributed by atoms with E-state index in [4.69, 9.17) is 0 Å². The van der Waals surface area contributed by atoms with E-state index in [9.17, 15) is 4.79 Å². The molecule has 2 rings (SSSR count). The van der Waals surface area contributed by atoms with Crippen LogP contribution in [0.3, 0.4) is 0 Å². The number of nitrogens with zero attached hydrogens (tertiary/aromatic N) is 1. The fourth-order valence-corrected chi connectivity index (χ4v) is 2.03. The second-order valence-corrected chi connectivity index (χ2v) is 3.52. The first-order chi connectivity index (χ1) is 6.22. The predicted molar refractivity (Wildman–Crippen MR) is 50.0 cm³/mol. The third-order valence-corrected chi connectivity index (χ3v) is 2.68. The first-order valence-electron chi connectivity index (χ1n) is 3.74. The van der Waals surface area contributed by atoms with E-state index >= 15 is 0 Å². The summed E-state index contributed by atoms with van der Waals surface area (Å²) in [5.41, 5.74) is 1.59. The summed E-state index contributed by atoms with van der Waals surface area (Å²) in [5, 5.41) is 1.86. The average molecular weight is 196 g/mol. The van der Waals surface area contributed by atoms with Gasteiger partial charge in [0.05, 0.1) is 12.6 Å². The second kappa shape index (κ2) is 2.85. The molecule has 0 bridgehead atoms. The number of hydrogen-bond acceptors (Lipinski definition) is 4. The van der Waals surface area contributed by atoms with E-state index in [2.05, 4.69) is 14.7 Å². The quantitative estimate of drug-likeness (QED) is 0.706. The number of esters is 1. The molecule has 0 unspecified atom stereocenters. The lowest BCUT2D eigenvalue weighted by molar-refractivity contribution is 0.0608. The molecule has 0 saturated heterocycles. The molecule has 4 nitrogen and oxygen atoms in total. The van der Waals surface area contributed by atoms with Gasteiger partial charge in [0.15, 0.2) is 0 Å². The van der Waals surface area contributed by atoms with Crippen LogP contribution in [0.15, 0.2) is 5.38 Å². The number of ether oxygens (including phenoxy) is 1. The lowest BCUT2D eigenvalue weighted by atomic mass is 10.4. The van der Waals surface area contributed by atoms with Crippen LogP contribution in [0.1, 0.15) is 15.5 Å². The molecular formula is C8H8N2O2S. The van der Waals surface area contributed by atoms with E-state index < -0.39 is 0 Å². The molecule has 68 valence electrons. The van der Waals surface area contributed by atoms with Crippen molar-refractivity contribution in [3.05, 3.63) is 16.1 Å². The Kier molecular flexibility index (Phi) is 1.81. The van der Waals surface area contributed by atoms with Gasteiger partial charge in [-0.05, 0) is 6.92 Å². The number of aromatic amines is 1. The molecule has 0 radical (unpaired) electrons. The highest BCUT2D eigenvalue weighted by atomic mass is 32.1. The van der Waals surface area contributed by atoms with Crippen LogP contribution in [0.5, 0.6) is 0 Å². The van der Waals surface area contributed by atoms with Gasteiger partial charge in [-0.15, -0.1) is 11.3 Å². The van der Waals surface area contributed by atoms with Crippen LogP contribution in [0.25, 0.3) is 11.0 Å². The Labute approximate surface area is 78.6 Å². The Morgan fingerprint density at radius 1 is 1.69 bits per heavy atom. The summed E-state index contributed by atoms with van der Waals surface area (Å²) in [6.45, 7) is 1.85. The molecule has 13 heavy (non-hydrogen) atoms. The predicted octanol–water partition coefficient (Wildman–Crippen LogP) is 1.72. The third-order valence-electron chi connectivity index (χ3n) is 1.73. The first kappa shape index (κ1) is 8.25. The van der Waals surface area contributed by atoms with Crippen molar-refractivity contribution in [3.8, 4) is 0 Å². The summed E-state index contributed by atoms with van der Waals surface area (Å²) in [7, 11) is 1.37. The Balaban J connectivity index is 2.62. The highest BCUT2D eigenvalue weighted by molar-refractivity contribution is 7.13. The lowest BCUT2D eigenvalue weighted by Gasteiger charge is -1.92. The van der Waals surface area contributed by atoms with Crippen molar-refractivity contribution in [1.29, 1.82) is 0 Å². The summed E-state index contributed by atoms with van der Waals surface area (Å²) in [6, 6.07) is 0. The minimum atomic E-state index is -0.327. The zero-order chi connectivity index (χ0) is 9.42. The summed E-state index contributed by atoms with van der Waals surface area (Å²) in [5.74, 6) is 0.481. The zero-order valence-corrected chi connectivity index (χ0v) is 8.07. The topological polar surface area (TPSA) is 55.0 Å². The Morgan fingerprint density at radius 2 is 2.46 bits per heavy atom. The van der Waals surface area contributed by atoms with E-state index in [-0.39, 0.29) is 5.97 Å². The van der Waals surface area contributed by atoms with Gasteiger partial charge >= 0.3 is 5.97 Å². The number of methoxy groups -OCH3 is 1. The van der Waals surface area contributed by atoms with Gasteiger partial charge in [-0.3, -0.25) is 0 Å². The Morgan fingerprint density at radius 3 is 3.15 bits per heavy atom. The van der Waals surface area contributed by atoms with E-state index in [1.165, 1.54) is 18.4 Å². The number of fused-ring (bicyclic) bond motifs is 1. The fourth-order valence-electron chi connectivity index (χ4n) is 1.18. The number of carbonyl (C=O) groups is 1. The average Bonchev–Trinajstić information content (AvgIpc) is 2.61. The largest absolute Gasteiger partial charge is 0.465 e. The molecule has 0 fully saturated rings. The monoisotopic (exact) mass is 196 g/mol. The molecular weight excluding hydrogens is 188 g/mol. The number of aromatic nitrogens is 2. The normalized spacial score (nSPS) is 10.6. The standard InChI is InChI=1S/C8H8N2O2S/c1-4-9-5-3-13-7(6(5)10-4)8(11)12-2/h3H,1-2H3,(H,9,10). The van der Waals surface area contributed by atoms with Crippen LogP contribution in [0.2, 0.25) is 0 Å². The number of H-pyrrole nitrogens is 1. The van der Waals surface area contributed by atoms with Crippen LogP contribution < -0.4 is 0 Å².